The quantitative estimate of drug-likeness (QED) is 0.828. The molecule has 96 valence electrons. The Morgan fingerprint density at radius 3 is 2.06 bits per heavy atom. The maximum Gasteiger partial charge on any atom is 0.573 e. The van der Waals surface area contributed by atoms with Crippen molar-refractivity contribution >= 4 is 0 Å². The number of ether oxygens (including phenoxy) is 1. The largest absolute Gasteiger partial charge is 0.573 e. The first-order valence-electron chi connectivity index (χ1n) is 4.29. The Morgan fingerprint density at radius 2 is 1.65 bits per heavy atom. The first-order valence-corrected chi connectivity index (χ1v) is 4.29. The second-order valence-corrected chi connectivity index (χ2v) is 3.08. The molecule has 2 nitrogen and oxygen atoms in total. The molecule has 0 bridgehead atoms. The topological polar surface area (TPSA) is 35.2 Å². The molecule has 0 aliphatic heterocycles. The fourth-order valence-electron chi connectivity index (χ4n) is 1.14. The van der Waals surface area contributed by atoms with E-state index < -0.39 is 23.9 Å². The standard InChI is InChI=1S/C9H7F6NO/c10-8(11,12)6-3-5(4-16)1-2-7(6)17-9(13,14)15/h1-3H,4,16H2. The van der Waals surface area contributed by atoms with Crippen LogP contribution in [0, 0.1) is 0 Å². The summed E-state index contributed by atoms with van der Waals surface area (Å²) in [6.07, 6.45) is -10.1. The molecule has 0 aromatic heterocycles. The monoisotopic (exact) mass is 259 g/mol. The smallest absolute Gasteiger partial charge is 0.405 e. The maximum absolute atomic E-state index is 12.5. The van der Waals surface area contributed by atoms with Crippen LogP contribution in [0.15, 0.2) is 18.2 Å². The van der Waals surface area contributed by atoms with E-state index in [1.165, 1.54) is 0 Å². The number of hydrogen-bond acceptors (Lipinski definition) is 2. The van der Waals surface area contributed by atoms with Gasteiger partial charge in [0.1, 0.15) is 5.75 Å². The molecule has 1 rings (SSSR count). The SMILES string of the molecule is NCc1ccc(OC(F)(F)F)c(C(F)(F)F)c1. The van der Waals surface area contributed by atoms with Gasteiger partial charge in [-0.1, -0.05) is 6.07 Å². The van der Waals surface area contributed by atoms with Gasteiger partial charge in [-0.15, -0.1) is 13.2 Å². The maximum atomic E-state index is 12.5. The van der Waals surface area contributed by atoms with Gasteiger partial charge in [0.15, 0.2) is 0 Å². The molecule has 0 spiro atoms. The third-order valence-electron chi connectivity index (χ3n) is 1.81. The highest BCUT2D eigenvalue weighted by Crippen LogP contribution is 2.38. The molecule has 0 radical (unpaired) electrons. The second-order valence-electron chi connectivity index (χ2n) is 3.08. The molecule has 0 saturated heterocycles. The minimum absolute atomic E-state index is 0.0619. The summed E-state index contributed by atoms with van der Waals surface area (Å²) in [5.74, 6) is -1.29. The van der Waals surface area contributed by atoms with Crippen LogP contribution in [0.25, 0.3) is 0 Å². The lowest BCUT2D eigenvalue weighted by Crippen LogP contribution is -2.20. The van der Waals surface area contributed by atoms with E-state index in [2.05, 4.69) is 4.74 Å². The van der Waals surface area contributed by atoms with Gasteiger partial charge in [0, 0.05) is 6.54 Å². The Bertz CT molecular complexity index is 397. The zero-order valence-electron chi connectivity index (χ0n) is 8.19. The lowest BCUT2D eigenvalue weighted by molar-refractivity contribution is -0.276. The van der Waals surface area contributed by atoms with Crippen LogP contribution < -0.4 is 10.5 Å². The number of halogens is 6. The third-order valence-corrected chi connectivity index (χ3v) is 1.81. The van der Waals surface area contributed by atoms with E-state index in [0.29, 0.717) is 12.1 Å². The summed E-state index contributed by atoms with van der Waals surface area (Å²) in [4.78, 5) is 0. The van der Waals surface area contributed by atoms with E-state index in [0.717, 1.165) is 6.07 Å². The van der Waals surface area contributed by atoms with E-state index >= 15 is 0 Å². The van der Waals surface area contributed by atoms with Gasteiger partial charge >= 0.3 is 12.5 Å². The molecule has 0 aliphatic carbocycles. The molecule has 0 unspecified atom stereocenters. The zero-order chi connectivity index (χ0) is 13.3. The van der Waals surface area contributed by atoms with Crippen LogP contribution in [0.2, 0.25) is 0 Å². The summed E-state index contributed by atoms with van der Waals surface area (Å²) >= 11 is 0. The van der Waals surface area contributed by atoms with Crippen LogP contribution in [-0.2, 0) is 12.7 Å². The Hall–Kier alpha value is -1.44. The van der Waals surface area contributed by atoms with Crippen molar-refractivity contribution in [3.8, 4) is 5.75 Å². The van der Waals surface area contributed by atoms with Crippen LogP contribution in [0.4, 0.5) is 26.3 Å². The number of nitrogens with two attached hydrogens (primary N) is 1. The molecule has 1 aromatic carbocycles. The molecule has 0 aliphatic rings. The summed E-state index contributed by atoms with van der Waals surface area (Å²) < 4.78 is 76.3. The molecule has 2 N–H and O–H groups in total. The first kappa shape index (κ1) is 13.6. The molecule has 0 fully saturated rings. The van der Waals surface area contributed by atoms with Gasteiger partial charge in [-0.2, -0.15) is 13.2 Å². The number of hydrogen-bond donors (Lipinski definition) is 1. The summed E-state index contributed by atoms with van der Waals surface area (Å²) in [6, 6.07) is 2.16. The molecule has 1 aromatic rings. The van der Waals surface area contributed by atoms with E-state index in [9.17, 15) is 26.3 Å². The minimum atomic E-state index is -5.18. The lowest BCUT2D eigenvalue weighted by Gasteiger charge is -2.16. The van der Waals surface area contributed by atoms with Crippen LogP contribution in [-0.4, -0.2) is 6.36 Å². The van der Waals surface area contributed by atoms with Gasteiger partial charge in [0.25, 0.3) is 0 Å². The molecule has 0 heterocycles. The summed E-state index contributed by atoms with van der Waals surface area (Å²) in [7, 11) is 0. The average molecular weight is 259 g/mol. The molecule has 0 amide bonds. The van der Waals surface area contributed by atoms with Crippen LogP contribution >= 0.6 is 0 Å². The summed E-state index contributed by atoms with van der Waals surface area (Å²) in [5, 5.41) is 0. The normalized spacial score (nSPS) is 12.6. The van der Waals surface area contributed by atoms with Gasteiger partial charge < -0.3 is 10.5 Å². The van der Waals surface area contributed by atoms with Crippen LogP contribution in [0.3, 0.4) is 0 Å². The van der Waals surface area contributed by atoms with Crippen molar-refractivity contribution < 1.29 is 31.1 Å². The molecule has 8 heteroatoms. The van der Waals surface area contributed by atoms with Crippen LogP contribution in [0.1, 0.15) is 11.1 Å². The zero-order valence-corrected chi connectivity index (χ0v) is 8.19. The molecular weight excluding hydrogens is 252 g/mol. The van der Waals surface area contributed by atoms with Gasteiger partial charge in [-0.3, -0.25) is 0 Å². The van der Waals surface area contributed by atoms with Gasteiger partial charge in [0.2, 0.25) is 0 Å². The summed E-state index contributed by atoms with van der Waals surface area (Å²) in [6.45, 7) is -0.213. The second kappa shape index (κ2) is 4.44. The van der Waals surface area contributed by atoms with Gasteiger partial charge in [0.05, 0.1) is 5.56 Å². The Balaban J connectivity index is 3.21. The van der Waals surface area contributed by atoms with Crippen LogP contribution in [0.5, 0.6) is 5.75 Å². The highest BCUT2D eigenvalue weighted by molar-refractivity contribution is 5.39. The lowest BCUT2D eigenvalue weighted by atomic mass is 10.1. The number of rotatable bonds is 2. The van der Waals surface area contributed by atoms with Crippen molar-refractivity contribution in [3.05, 3.63) is 29.3 Å². The molecule has 0 saturated carbocycles. The van der Waals surface area contributed by atoms with E-state index in [1.807, 2.05) is 0 Å². The third kappa shape index (κ3) is 3.81. The van der Waals surface area contributed by atoms with Crippen molar-refractivity contribution in [1.82, 2.24) is 0 Å². The van der Waals surface area contributed by atoms with Crippen molar-refractivity contribution in [2.24, 2.45) is 5.73 Å². The van der Waals surface area contributed by atoms with Crippen molar-refractivity contribution in [2.75, 3.05) is 0 Å². The fraction of sp³-hybridized carbons (Fsp3) is 0.333. The van der Waals surface area contributed by atoms with Crippen molar-refractivity contribution in [3.63, 3.8) is 0 Å². The first-order chi connectivity index (χ1) is 7.63. The predicted octanol–water partition coefficient (Wildman–Crippen LogP) is 3.06. The number of benzene rings is 1. The van der Waals surface area contributed by atoms with Crippen molar-refractivity contribution in [1.29, 1.82) is 0 Å². The van der Waals surface area contributed by atoms with E-state index in [-0.39, 0.29) is 12.1 Å². The molecular formula is C9H7F6NO. The minimum Gasteiger partial charge on any atom is -0.405 e. The average Bonchev–Trinajstić information content (AvgIpc) is 2.14. The molecule has 0 atom stereocenters. The van der Waals surface area contributed by atoms with Gasteiger partial charge in [-0.05, 0) is 17.7 Å². The van der Waals surface area contributed by atoms with E-state index in [1.54, 1.807) is 0 Å². The Kier molecular flexibility index (Phi) is 3.56. The summed E-state index contributed by atoms with van der Waals surface area (Å²) in [5.41, 5.74) is 3.67. The Labute approximate surface area is 92.0 Å². The Morgan fingerprint density at radius 1 is 1.06 bits per heavy atom. The molecule has 17 heavy (non-hydrogen) atoms. The predicted molar refractivity (Wildman–Crippen MR) is 46.0 cm³/mol. The van der Waals surface area contributed by atoms with Gasteiger partial charge in [-0.25, -0.2) is 0 Å². The highest BCUT2D eigenvalue weighted by Gasteiger charge is 2.39. The number of alkyl halides is 6. The highest BCUT2D eigenvalue weighted by atomic mass is 19.4. The van der Waals surface area contributed by atoms with Crippen molar-refractivity contribution in [2.45, 2.75) is 19.1 Å². The van der Waals surface area contributed by atoms with E-state index in [4.69, 9.17) is 5.73 Å². The fourth-order valence-corrected chi connectivity index (χ4v) is 1.14.